The van der Waals surface area contributed by atoms with Gasteiger partial charge in [-0.3, -0.25) is 4.79 Å². The third-order valence-electron chi connectivity index (χ3n) is 5.06. The normalized spacial score (nSPS) is 17.4. The molecule has 3 rings (SSSR count). The molecule has 1 saturated heterocycles. The number of benzene rings is 2. The third kappa shape index (κ3) is 5.44. The van der Waals surface area contributed by atoms with E-state index in [0.717, 1.165) is 0 Å². The molecular formula is C21H25ClN2O5S. The first kappa shape index (κ1) is 22.4. The van der Waals surface area contributed by atoms with Crippen LogP contribution in [0.1, 0.15) is 18.4 Å². The van der Waals surface area contributed by atoms with Crippen molar-refractivity contribution in [2.24, 2.45) is 5.92 Å². The maximum absolute atomic E-state index is 12.9. The number of hydrogen-bond donors (Lipinski definition) is 1. The molecule has 2 aromatic rings. The summed E-state index contributed by atoms with van der Waals surface area (Å²) < 4.78 is 37.6. The fourth-order valence-corrected chi connectivity index (χ4v) is 5.19. The SMILES string of the molecule is COc1ccc(NC(=O)[C@@H]2CCCN(S(=O)(=O)Cc3ccc(Cl)cc3)C2)cc1OC. The van der Waals surface area contributed by atoms with Crippen molar-refractivity contribution in [2.45, 2.75) is 18.6 Å². The molecular weight excluding hydrogens is 428 g/mol. The summed E-state index contributed by atoms with van der Waals surface area (Å²) in [6.45, 7) is 0.575. The van der Waals surface area contributed by atoms with Crippen LogP contribution in [0.3, 0.4) is 0 Å². The van der Waals surface area contributed by atoms with Crippen molar-refractivity contribution in [3.05, 3.63) is 53.1 Å². The number of methoxy groups -OCH3 is 2. The van der Waals surface area contributed by atoms with Crippen molar-refractivity contribution < 1.29 is 22.7 Å². The van der Waals surface area contributed by atoms with Gasteiger partial charge in [0.2, 0.25) is 15.9 Å². The molecule has 1 atom stereocenters. The number of nitrogens with one attached hydrogen (secondary N) is 1. The first-order chi connectivity index (χ1) is 14.3. The molecule has 0 bridgehead atoms. The molecule has 1 N–H and O–H groups in total. The molecule has 0 aromatic heterocycles. The number of carbonyl (C=O) groups is 1. The van der Waals surface area contributed by atoms with Crippen molar-refractivity contribution in [1.82, 2.24) is 4.31 Å². The number of sulfonamides is 1. The Morgan fingerprint density at radius 2 is 1.83 bits per heavy atom. The smallest absolute Gasteiger partial charge is 0.228 e. The van der Waals surface area contributed by atoms with Crippen LogP contribution < -0.4 is 14.8 Å². The minimum Gasteiger partial charge on any atom is -0.493 e. The summed E-state index contributed by atoms with van der Waals surface area (Å²) in [5, 5.41) is 3.41. The van der Waals surface area contributed by atoms with Crippen LogP contribution in [0.15, 0.2) is 42.5 Å². The molecule has 0 saturated carbocycles. The van der Waals surface area contributed by atoms with Gasteiger partial charge in [0.25, 0.3) is 0 Å². The first-order valence-corrected chi connectivity index (χ1v) is 11.6. The van der Waals surface area contributed by atoms with E-state index in [0.29, 0.717) is 47.2 Å². The van der Waals surface area contributed by atoms with Gasteiger partial charge in [-0.15, -0.1) is 0 Å². The van der Waals surface area contributed by atoms with Gasteiger partial charge in [0.1, 0.15) is 0 Å². The van der Waals surface area contributed by atoms with E-state index in [1.54, 1.807) is 42.5 Å². The summed E-state index contributed by atoms with van der Waals surface area (Å²) >= 11 is 5.87. The molecule has 162 valence electrons. The quantitative estimate of drug-likeness (QED) is 0.694. The van der Waals surface area contributed by atoms with E-state index in [1.165, 1.54) is 18.5 Å². The summed E-state index contributed by atoms with van der Waals surface area (Å²) in [7, 11) is -0.474. The van der Waals surface area contributed by atoms with Crippen molar-refractivity contribution in [1.29, 1.82) is 0 Å². The van der Waals surface area contributed by atoms with Crippen LogP contribution in [0.5, 0.6) is 11.5 Å². The standard InChI is InChI=1S/C21H25ClN2O5S/c1-28-19-10-9-18(12-20(19)29-2)23-21(25)16-4-3-11-24(13-16)30(26,27)14-15-5-7-17(22)8-6-15/h5-10,12,16H,3-4,11,13-14H2,1-2H3,(H,23,25)/t16-/m1/s1. The maximum Gasteiger partial charge on any atom is 0.228 e. The van der Waals surface area contributed by atoms with E-state index in [4.69, 9.17) is 21.1 Å². The van der Waals surface area contributed by atoms with Gasteiger partial charge in [0.05, 0.1) is 25.9 Å². The number of piperidine rings is 1. The van der Waals surface area contributed by atoms with Crippen LogP contribution >= 0.6 is 11.6 Å². The Morgan fingerprint density at radius 3 is 2.50 bits per heavy atom. The monoisotopic (exact) mass is 452 g/mol. The molecule has 30 heavy (non-hydrogen) atoms. The molecule has 9 heteroatoms. The number of anilines is 1. The summed E-state index contributed by atoms with van der Waals surface area (Å²) in [6.07, 6.45) is 1.26. The fourth-order valence-electron chi connectivity index (χ4n) is 3.45. The van der Waals surface area contributed by atoms with E-state index < -0.39 is 15.9 Å². The van der Waals surface area contributed by atoms with Crippen LogP contribution in [-0.4, -0.2) is 45.9 Å². The number of carbonyl (C=O) groups excluding carboxylic acids is 1. The van der Waals surface area contributed by atoms with E-state index in [2.05, 4.69) is 5.32 Å². The highest BCUT2D eigenvalue weighted by molar-refractivity contribution is 7.88. The Kier molecular flexibility index (Phi) is 7.23. The van der Waals surface area contributed by atoms with Gasteiger partial charge >= 0.3 is 0 Å². The first-order valence-electron chi connectivity index (χ1n) is 9.57. The Hall–Kier alpha value is -2.29. The third-order valence-corrected chi connectivity index (χ3v) is 7.13. The Labute approximate surface area is 182 Å². The number of halogens is 1. The highest BCUT2D eigenvalue weighted by Gasteiger charge is 2.32. The zero-order valence-electron chi connectivity index (χ0n) is 16.9. The summed E-state index contributed by atoms with van der Waals surface area (Å²) in [5.41, 5.74) is 1.23. The molecule has 1 aliphatic rings. The molecule has 1 fully saturated rings. The molecule has 0 aliphatic carbocycles. The van der Waals surface area contributed by atoms with Gasteiger partial charge in [-0.1, -0.05) is 23.7 Å². The molecule has 0 spiro atoms. The number of ether oxygens (including phenoxy) is 2. The Balaban J connectivity index is 1.66. The highest BCUT2D eigenvalue weighted by Crippen LogP contribution is 2.30. The van der Waals surface area contributed by atoms with Crippen LogP contribution in [0.25, 0.3) is 0 Å². The highest BCUT2D eigenvalue weighted by atomic mass is 35.5. The zero-order chi connectivity index (χ0) is 21.7. The Bertz CT molecular complexity index is 995. The van der Waals surface area contributed by atoms with E-state index in [1.807, 2.05) is 0 Å². The van der Waals surface area contributed by atoms with Crippen LogP contribution in [-0.2, 0) is 20.6 Å². The topological polar surface area (TPSA) is 84.9 Å². The second-order valence-electron chi connectivity index (χ2n) is 7.14. The predicted octanol–water partition coefficient (Wildman–Crippen LogP) is 3.54. The van der Waals surface area contributed by atoms with Gasteiger partial charge in [0.15, 0.2) is 11.5 Å². The number of hydrogen-bond acceptors (Lipinski definition) is 5. The van der Waals surface area contributed by atoms with Gasteiger partial charge < -0.3 is 14.8 Å². The lowest BCUT2D eigenvalue weighted by molar-refractivity contribution is -0.120. The predicted molar refractivity (Wildman–Crippen MR) is 117 cm³/mol. The number of amides is 1. The molecule has 0 radical (unpaired) electrons. The summed E-state index contributed by atoms with van der Waals surface area (Å²) in [5.74, 6) is 0.313. The average molecular weight is 453 g/mol. The van der Waals surface area contributed by atoms with Crippen LogP contribution in [0.2, 0.25) is 5.02 Å². The lowest BCUT2D eigenvalue weighted by Gasteiger charge is -2.31. The molecule has 0 unspecified atom stereocenters. The van der Waals surface area contributed by atoms with Crippen molar-refractivity contribution in [3.63, 3.8) is 0 Å². The fraction of sp³-hybridized carbons (Fsp3) is 0.381. The summed E-state index contributed by atoms with van der Waals surface area (Å²) in [4.78, 5) is 12.8. The minimum absolute atomic E-state index is 0.117. The average Bonchev–Trinajstić information content (AvgIpc) is 2.75. The van der Waals surface area contributed by atoms with Crippen molar-refractivity contribution >= 4 is 33.2 Å². The molecule has 1 aliphatic heterocycles. The molecule has 2 aromatic carbocycles. The van der Waals surface area contributed by atoms with Gasteiger partial charge in [0, 0.05) is 29.9 Å². The van der Waals surface area contributed by atoms with Gasteiger partial charge in [-0.2, -0.15) is 0 Å². The van der Waals surface area contributed by atoms with E-state index >= 15 is 0 Å². The second-order valence-corrected chi connectivity index (χ2v) is 9.54. The molecule has 7 nitrogen and oxygen atoms in total. The van der Waals surface area contributed by atoms with Crippen molar-refractivity contribution in [2.75, 3.05) is 32.6 Å². The maximum atomic E-state index is 12.9. The van der Waals surface area contributed by atoms with Gasteiger partial charge in [-0.05, 0) is 42.7 Å². The molecule has 1 heterocycles. The van der Waals surface area contributed by atoms with E-state index in [9.17, 15) is 13.2 Å². The Morgan fingerprint density at radius 1 is 1.13 bits per heavy atom. The van der Waals surface area contributed by atoms with Gasteiger partial charge in [-0.25, -0.2) is 12.7 Å². The van der Waals surface area contributed by atoms with Crippen molar-refractivity contribution in [3.8, 4) is 11.5 Å². The minimum atomic E-state index is -3.53. The number of nitrogens with zero attached hydrogens (tertiary/aromatic N) is 1. The summed E-state index contributed by atoms with van der Waals surface area (Å²) in [6, 6.07) is 11.8. The van der Waals surface area contributed by atoms with Crippen LogP contribution in [0, 0.1) is 5.92 Å². The lowest BCUT2D eigenvalue weighted by Crippen LogP contribution is -2.44. The lowest BCUT2D eigenvalue weighted by atomic mass is 9.98. The largest absolute Gasteiger partial charge is 0.493 e. The number of rotatable bonds is 7. The zero-order valence-corrected chi connectivity index (χ0v) is 18.5. The molecule has 1 amide bonds. The van der Waals surface area contributed by atoms with Crippen LogP contribution in [0.4, 0.5) is 5.69 Å². The van der Waals surface area contributed by atoms with E-state index in [-0.39, 0.29) is 18.2 Å². The second kappa shape index (κ2) is 9.68.